The van der Waals surface area contributed by atoms with Crippen molar-refractivity contribution in [1.82, 2.24) is 4.98 Å². The highest BCUT2D eigenvalue weighted by Gasteiger charge is 1.97. The van der Waals surface area contributed by atoms with Gasteiger partial charge in [-0.3, -0.25) is 4.98 Å². The molecule has 1 heteroatoms. The third-order valence-corrected chi connectivity index (χ3v) is 2.31. The van der Waals surface area contributed by atoms with Crippen molar-refractivity contribution in [3.05, 3.63) is 54.2 Å². The minimum Gasteiger partial charge on any atom is -0.256 e. The van der Waals surface area contributed by atoms with Crippen molar-refractivity contribution in [2.75, 3.05) is 0 Å². The predicted octanol–water partition coefficient (Wildman–Crippen LogP) is 3.35. The number of allylic oxidation sites excluding steroid dienone is 2. The third kappa shape index (κ3) is 1.67. The van der Waals surface area contributed by atoms with Gasteiger partial charge in [-0.15, -0.1) is 0 Å². The van der Waals surface area contributed by atoms with E-state index >= 15 is 0 Å². The molecule has 1 aromatic carbocycles. The lowest BCUT2D eigenvalue weighted by molar-refractivity contribution is 1.26. The first-order valence-corrected chi connectivity index (χ1v) is 4.85. The van der Waals surface area contributed by atoms with E-state index in [1.807, 2.05) is 19.2 Å². The van der Waals surface area contributed by atoms with E-state index in [-0.39, 0.29) is 0 Å². The summed E-state index contributed by atoms with van der Waals surface area (Å²) < 4.78 is 0. The number of hydrogen-bond donors (Lipinski definition) is 0. The zero-order valence-corrected chi connectivity index (χ0v) is 8.27. The molecule has 1 heterocycles. The number of benzene rings is 1. The normalized spacial score (nSPS) is 11.2. The molecule has 0 aliphatic rings. The van der Waals surface area contributed by atoms with Crippen LogP contribution in [0.4, 0.5) is 0 Å². The van der Waals surface area contributed by atoms with E-state index in [1.54, 1.807) is 0 Å². The van der Waals surface area contributed by atoms with Crippen LogP contribution in [0.1, 0.15) is 12.5 Å². The quantitative estimate of drug-likeness (QED) is 0.650. The van der Waals surface area contributed by atoms with Gasteiger partial charge in [0.05, 0.1) is 5.52 Å². The van der Waals surface area contributed by atoms with Gasteiger partial charge >= 0.3 is 0 Å². The Morgan fingerprint density at radius 1 is 1.21 bits per heavy atom. The molecule has 0 bridgehead atoms. The lowest BCUT2D eigenvalue weighted by Gasteiger charge is -2.02. The van der Waals surface area contributed by atoms with Gasteiger partial charge in [-0.2, -0.15) is 0 Å². The second kappa shape index (κ2) is 4.05. The summed E-state index contributed by atoms with van der Waals surface area (Å²) in [5.74, 6) is 0. The molecule has 1 nitrogen and oxygen atoms in total. The Kier molecular flexibility index (Phi) is 2.59. The topological polar surface area (TPSA) is 12.9 Å². The van der Waals surface area contributed by atoms with Gasteiger partial charge in [0.2, 0.25) is 0 Å². The molecule has 0 atom stereocenters. The van der Waals surface area contributed by atoms with Crippen molar-refractivity contribution >= 4 is 10.9 Å². The van der Waals surface area contributed by atoms with Crippen LogP contribution in [0, 0.1) is 0 Å². The zero-order valence-electron chi connectivity index (χ0n) is 8.27. The first-order chi connectivity index (χ1) is 6.92. The average Bonchev–Trinajstić information content (AvgIpc) is 2.26. The van der Waals surface area contributed by atoms with Gasteiger partial charge in [0.1, 0.15) is 0 Å². The number of fused-ring (bicyclic) bond motifs is 1. The summed E-state index contributed by atoms with van der Waals surface area (Å²) in [5, 5.41) is 1.26. The molecule has 14 heavy (non-hydrogen) atoms. The Labute approximate surface area is 84.1 Å². The molecule has 0 amide bonds. The second-order valence-corrected chi connectivity index (χ2v) is 3.26. The molecular weight excluding hydrogens is 170 g/mol. The zero-order chi connectivity index (χ0) is 9.80. The van der Waals surface area contributed by atoms with Crippen LogP contribution in [0.25, 0.3) is 10.9 Å². The van der Waals surface area contributed by atoms with Crippen LogP contribution in [0.5, 0.6) is 0 Å². The van der Waals surface area contributed by atoms with Crippen molar-refractivity contribution in [2.45, 2.75) is 13.3 Å². The Morgan fingerprint density at radius 3 is 2.93 bits per heavy atom. The molecule has 0 spiro atoms. The van der Waals surface area contributed by atoms with Gasteiger partial charge in [0.25, 0.3) is 0 Å². The fourth-order valence-electron chi connectivity index (χ4n) is 1.58. The molecule has 2 aromatic rings. The van der Waals surface area contributed by atoms with E-state index < -0.39 is 0 Å². The fourth-order valence-corrected chi connectivity index (χ4v) is 1.58. The molecule has 0 saturated heterocycles. The summed E-state index contributed by atoms with van der Waals surface area (Å²) in [6, 6.07) is 10.3. The van der Waals surface area contributed by atoms with Crippen LogP contribution >= 0.6 is 0 Å². The molecule has 0 unspecified atom stereocenters. The smallest absolute Gasteiger partial charge is 0.0704 e. The van der Waals surface area contributed by atoms with Crippen LogP contribution in [-0.2, 0) is 6.42 Å². The lowest BCUT2D eigenvalue weighted by Crippen LogP contribution is -1.86. The number of pyridine rings is 1. The Bertz CT molecular complexity index is 452. The number of rotatable bonds is 2. The fraction of sp³-hybridized carbons (Fsp3) is 0.154. The highest BCUT2D eigenvalue weighted by atomic mass is 14.6. The van der Waals surface area contributed by atoms with Gasteiger partial charge < -0.3 is 0 Å². The van der Waals surface area contributed by atoms with Crippen molar-refractivity contribution < 1.29 is 0 Å². The van der Waals surface area contributed by atoms with Gasteiger partial charge in [0.15, 0.2) is 0 Å². The highest BCUT2D eigenvalue weighted by Crippen LogP contribution is 2.16. The Balaban J connectivity index is 2.53. The standard InChI is InChI=1S/C13H13N/c1-2-3-6-11-9-10-14-13-8-5-4-7-12(11)13/h2-5,7-10H,6H2,1H3. The van der Waals surface area contributed by atoms with E-state index in [0.717, 1.165) is 11.9 Å². The van der Waals surface area contributed by atoms with Gasteiger partial charge in [-0.1, -0.05) is 30.4 Å². The predicted molar refractivity (Wildman–Crippen MR) is 60.3 cm³/mol. The van der Waals surface area contributed by atoms with Crippen LogP contribution in [0.3, 0.4) is 0 Å². The highest BCUT2D eigenvalue weighted by molar-refractivity contribution is 5.81. The molecule has 0 radical (unpaired) electrons. The minimum absolute atomic E-state index is 0.986. The molecule has 0 aliphatic carbocycles. The maximum Gasteiger partial charge on any atom is 0.0704 e. The number of nitrogens with zero attached hydrogens (tertiary/aromatic N) is 1. The molecule has 2 rings (SSSR count). The molecule has 1 aromatic heterocycles. The number of hydrogen-bond acceptors (Lipinski definition) is 1. The minimum atomic E-state index is 0.986. The molecule has 0 fully saturated rings. The first kappa shape index (κ1) is 8.95. The van der Waals surface area contributed by atoms with Gasteiger partial charge in [-0.25, -0.2) is 0 Å². The number of aromatic nitrogens is 1. The summed E-state index contributed by atoms with van der Waals surface area (Å²) in [6.45, 7) is 2.05. The third-order valence-electron chi connectivity index (χ3n) is 2.31. The van der Waals surface area contributed by atoms with Crippen molar-refractivity contribution in [3.63, 3.8) is 0 Å². The molecule has 0 saturated carbocycles. The summed E-state index contributed by atoms with van der Waals surface area (Å²) in [4.78, 5) is 4.33. The van der Waals surface area contributed by atoms with Crippen molar-refractivity contribution in [1.29, 1.82) is 0 Å². The summed E-state index contributed by atoms with van der Waals surface area (Å²) >= 11 is 0. The monoisotopic (exact) mass is 183 g/mol. The van der Waals surface area contributed by atoms with Crippen molar-refractivity contribution in [3.8, 4) is 0 Å². The Morgan fingerprint density at radius 2 is 2.07 bits per heavy atom. The van der Waals surface area contributed by atoms with E-state index in [4.69, 9.17) is 0 Å². The molecule has 70 valence electrons. The summed E-state index contributed by atoms with van der Waals surface area (Å²) in [5.41, 5.74) is 2.42. The maximum absolute atomic E-state index is 4.33. The molecular formula is C13H13N. The van der Waals surface area contributed by atoms with Crippen LogP contribution in [0.2, 0.25) is 0 Å². The molecule has 0 aliphatic heterocycles. The first-order valence-electron chi connectivity index (χ1n) is 4.85. The van der Waals surface area contributed by atoms with E-state index in [0.29, 0.717) is 0 Å². The second-order valence-electron chi connectivity index (χ2n) is 3.26. The maximum atomic E-state index is 4.33. The summed E-state index contributed by atoms with van der Waals surface area (Å²) in [6.07, 6.45) is 7.11. The Hall–Kier alpha value is -1.63. The van der Waals surface area contributed by atoms with Crippen LogP contribution in [-0.4, -0.2) is 4.98 Å². The van der Waals surface area contributed by atoms with E-state index in [9.17, 15) is 0 Å². The molecule has 0 N–H and O–H groups in total. The van der Waals surface area contributed by atoms with Crippen LogP contribution in [0.15, 0.2) is 48.7 Å². The van der Waals surface area contributed by atoms with Gasteiger partial charge in [0, 0.05) is 11.6 Å². The number of para-hydroxylation sites is 1. The summed E-state index contributed by atoms with van der Waals surface area (Å²) in [7, 11) is 0. The van der Waals surface area contributed by atoms with Gasteiger partial charge in [-0.05, 0) is 31.0 Å². The largest absolute Gasteiger partial charge is 0.256 e. The van der Waals surface area contributed by atoms with E-state index in [2.05, 4.69) is 41.4 Å². The SMILES string of the molecule is CC=CCc1ccnc2ccccc12. The average molecular weight is 183 g/mol. The van der Waals surface area contributed by atoms with Crippen LogP contribution < -0.4 is 0 Å². The van der Waals surface area contributed by atoms with E-state index in [1.165, 1.54) is 10.9 Å². The van der Waals surface area contributed by atoms with Crippen molar-refractivity contribution in [2.24, 2.45) is 0 Å². The lowest BCUT2D eigenvalue weighted by atomic mass is 10.1.